The zero-order chi connectivity index (χ0) is 16.6. The van der Waals surface area contributed by atoms with Crippen molar-refractivity contribution in [3.63, 3.8) is 0 Å². The van der Waals surface area contributed by atoms with Crippen LogP contribution in [0.15, 0.2) is 23.7 Å². The number of aromatic nitrogens is 1. The van der Waals surface area contributed by atoms with Crippen LogP contribution in [0.4, 0.5) is 17.6 Å². The molecule has 2 heterocycles. The number of rotatable bonds is 3. The van der Waals surface area contributed by atoms with E-state index in [2.05, 4.69) is 16.8 Å². The largest absolute Gasteiger partial charge is 0.416 e. The Morgan fingerprint density at radius 2 is 2.09 bits per heavy atom. The molecular weight excluding hydrogens is 328 g/mol. The van der Waals surface area contributed by atoms with Gasteiger partial charge in [0.2, 0.25) is 0 Å². The van der Waals surface area contributed by atoms with Gasteiger partial charge in [0.05, 0.1) is 16.8 Å². The van der Waals surface area contributed by atoms with Crippen LogP contribution >= 0.6 is 11.3 Å². The Labute approximate surface area is 135 Å². The van der Waals surface area contributed by atoms with E-state index >= 15 is 0 Å². The van der Waals surface area contributed by atoms with Gasteiger partial charge in [-0.25, -0.2) is 9.37 Å². The molecule has 124 valence electrons. The number of benzene rings is 1. The molecule has 1 aliphatic heterocycles. The van der Waals surface area contributed by atoms with Gasteiger partial charge in [0, 0.05) is 23.0 Å². The summed E-state index contributed by atoms with van der Waals surface area (Å²) in [5, 5.41) is 0. The average molecular weight is 344 g/mol. The lowest BCUT2D eigenvalue weighted by Gasteiger charge is -2.20. The van der Waals surface area contributed by atoms with E-state index in [4.69, 9.17) is 0 Å². The van der Waals surface area contributed by atoms with Crippen LogP contribution in [0.1, 0.15) is 30.2 Å². The highest BCUT2D eigenvalue weighted by molar-refractivity contribution is 7.10. The molecule has 1 atom stereocenters. The van der Waals surface area contributed by atoms with Gasteiger partial charge in [-0.15, -0.1) is 11.3 Å². The van der Waals surface area contributed by atoms with Crippen LogP contribution in [-0.2, 0) is 12.7 Å². The molecule has 1 aliphatic rings. The van der Waals surface area contributed by atoms with E-state index in [-0.39, 0.29) is 5.56 Å². The van der Waals surface area contributed by atoms with Crippen LogP contribution in [0.5, 0.6) is 0 Å². The molecule has 0 amide bonds. The van der Waals surface area contributed by atoms with E-state index in [9.17, 15) is 17.6 Å². The van der Waals surface area contributed by atoms with Gasteiger partial charge in [-0.2, -0.15) is 13.2 Å². The van der Waals surface area contributed by atoms with E-state index in [1.54, 1.807) is 5.51 Å². The fourth-order valence-corrected chi connectivity index (χ4v) is 3.73. The predicted molar refractivity (Wildman–Crippen MR) is 81.6 cm³/mol. The maximum atomic E-state index is 13.6. The summed E-state index contributed by atoms with van der Waals surface area (Å²) in [7, 11) is 0. The lowest BCUT2D eigenvalue weighted by Crippen LogP contribution is -2.25. The number of hydrogen-bond donors (Lipinski definition) is 0. The lowest BCUT2D eigenvalue weighted by atomic mass is 10.1. The summed E-state index contributed by atoms with van der Waals surface area (Å²) in [6.07, 6.45) is -2.34. The zero-order valence-corrected chi connectivity index (χ0v) is 13.3. The van der Waals surface area contributed by atoms with E-state index < -0.39 is 17.6 Å². The van der Waals surface area contributed by atoms with Crippen molar-refractivity contribution in [3.05, 3.63) is 40.0 Å². The summed E-state index contributed by atoms with van der Waals surface area (Å²) < 4.78 is 52.2. The van der Waals surface area contributed by atoms with Gasteiger partial charge in [0.1, 0.15) is 5.82 Å². The second-order valence-corrected chi connectivity index (χ2v) is 6.75. The molecule has 23 heavy (non-hydrogen) atoms. The summed E-state index contributed by atoms with van der Waals surface area (Å²) in [6, 6.07) is 3.04. The Hall–Kier alpha value is -1.47. The summed E-state index contributed by atoms with van der Waals surface area (Å²) in [5.74, 6) is -0.900. The van der Waals surface area contributed by atoms with Crippen molar-refractivity contribution in [2.75, 3.05) is 6.54 Å². The maximum Gasteiger partial charge on any atom is 0.416 e. The van der Waals surface area contributed by atoms with Gasteiger partial charge in [-0.1, -0.05) is 0 Å². The third kappa shape index (κ3) is 3.55. The van der Waals surface area contributed by atoms with E-state index in [1.807, 2.05) is 0 Å². The summed E-state index contributed by atoms with van der Waals surface area (Å²) in [4.78, 5) is 7.33. The quantitative estimate of drug-likeness (QED) is 0.732. The first kappa shape index (κ1) is 16.4. The number of hydrogen-bond acceptors (Lipinski definition) is 3. The number of likely N-dealkylation sites (tertiary alicyclic amines) is 1. The van der Waals surface area contributed by atoms with Gasteiger partial charge in [0.25, 0.3) is 0 Å². The highest BCUT2D eigenvalue weighted by Gasteiger charge is 2.32. The number of halogens is 4. The molecule has 0 unspecified atom stereocenters. The molecule has 0 radical (unpaired) electrons. The molecule has 0 saturated carbocycles. The van der Waals surface area contributed by atoms with Crippen molar-refractivity contribution >= 4 is 11.3 Å². The first-order chi connectivity index (χ1) is 10.8. The van der Waals surface area contributed by atoms with E-state index in [1.165, 1.54) is 11.3 Å². The summed E-state index contributed by atoms with van der Waals surface area (Å²) >= 11 is 1.40. The van der Waals surface area contributed by atoms with Crippen LogP contribution in [0.3, 0.4) is 0 Å². The Bertz CT molecular complexity index is 696. The normalized spacial score (nSPS) is 19.4. The topological polar surface area (TPSA) is 16.1 Å². The Kier molecular flexibility index (Phi) is 4.42. The molecule has 0 N–H and O–H groups in total. The van der Waals surface area contributed by atoms with Crippen molar-refractivity contribution in [2.45, 2.75) is 38.5 Å². The highest BCUT2D eigenvalue weighted by Crippen LogP contribution is 2.35. The summed E-state index contributed by atoms with van der Waals surface area (Å²) in [6.45, 7) is 3.74. The monoisotopic (exact) mass is 344 g/mol. The van der Waals surface area contributed by atoms with Crippen molar-refractivity contribution in [1.29, 1.82) is 0 Å². The minimum atomic E-state index is -4.57. The van der Waals surface area contributed by atoms with Gasteiger partial charge in [-0.05, 0) is 44.5 Å². The van der Waals surface area contributed by atoms with Crippen LogP contribution in [0.2, 0.25) is 0 Å². The number of thiazole rings is 1. The molecule has 7 heteroatoms. The van der Waals surface area contributed by atoms with Crippen LogP contribution in [-0.4, -0.2) is 22.5 Å². The van der Waals surface area contributed by atoms with Gasteiger partial charge < -0.3 is 0 Å². The molecule has 1 saturated heterocycles. The average Bonchev–Trinajstić information content (AvgIpc) is 3.08. The molecule has 2 aromatic rings. The Morgan fingerprint density at radius 1 is 1.30 bits per heavy atom. The second kappa shape index (κ2) is 6.20. The second-order valence-electron chi connectivity index (χ2n) is 5.81. The Balaban J connectivity index is 1.94. The lowest BCUT2D eigenvalue weighted by molar-refractivity contribution is -0.137. The molecule has 1 fully saturated rings. The van der Waals surface area contributed by atoms with Crippen LogP contribution in [0.25, 0.3) is 11.3 Å². The van der Waals surface area contributed by atoms with E-state index in [0.717, 1.165) is 36.4 Å². The molecule has 1 aromatic carbocycles. The minimum absolute atomic E-state index is 0.181. The number of alkyl halides is 3. The van der Waals surface area contributed by atoms with Gasteiger partial charge in [0.15, 0.2) is 0 Å². The van der Waals surface area contributed by atoms with Crippen LogP contribution in [0, 0.1) is 5.82 Å². The standard InChI is InChI=1S/C16H16F4N2S/c1-10-3-2-4-22(10)8-14-15(21-9-23-14)11-5-12(16(18,19)20)7-13(17)6-11/h5-7,9-10H,2-4,8H2,1H3/t10-/m1/s1. The number of nitrogens with zero attached hydrogens (tertiary/aromatic N) is 2. The predicted octanol–water partition coefficient (Wildman–Crippen LogP) is 4.95. The molecule has 0 bridgehead atoms. The van der Waals surface area contributed by atoms with Crippen molar-refractivity contribution in [2.24, 2.45) is 0 Å². The molecule has 0 spiro atoms. The van der Waals surface area contributed by atoms with E-state index in [0.29, 0.717) is 24.3 Å². The molecule has 1 aromatic heterocycles. The van der Waals surface area contributed by atoms with Gasteiger partial charge in [-0.3, -0.25) is 4.90 Å². The molecule has 3 rings (SSSR count). The fraction of sp³-hybridized carbons (Fsp3) is 0.438. The third-order valence-electron chi connectivity index (χ3n) is 4.18. The smallest absolute Gasteiger partial charge is 0.296 e. The fourth-order valence-electron chi connectivity index (χ4n) is 2.92. The first-order valence-electron chi connectivity index (χ1n) is 7.39. The van der Waals surface area contributed by atoms with Crippen molar-refractivity contribution < 1.29 is 17.6 Å². The third-order valence-corrected chi connectivity index (χ3v) is 4.99. The SMILES string of the molecule is C[C@@H]1CCCN1Cc1scnc1-c1cc(F)cc(C(F)(F)F)c1. The first-order valence-corrected chi connectivity index (χ1v) is 8.27. The Morgan fingerprint density at radius 3 is 2.74 bits per heavy atom. The zero-order valence-electron chi connectivity index (χ0n) is 12.5. The van der Waals surface area contributed by atoms with Crippen molar-refractivity contribution in [3.8, 4) is 11.3 Å². The van der Waals surface area contributed by atoms with Crippen molar-refractivity contribution in [1.82, 2.24) is 9.88 Å². The minimum Gasteiger partial charge on any atom is -0.296 e. The highest BCUT2D eigenvalue weighted by atomic mass is 32.1. The molecular formula is C16H16F4N2S. The summed E-state index contributed by atoms with van der Waals surface area (Å²) in [5.41, 5.74) is 1.24. The molecule has 0 aliphatic carbocycles. The maximum absolute atomic E-state index is 13.6. The van der Waals surface area contributed by atoms with Crippen LogP contribution < -0.4 is 0 Å². The molecule has 2 nitrogen and oxygen atoms in total. The van der Waals surface area contributed by atoms with Gasteiger partial charge >= 0.3 is 6.18 Å².